The van der Waals surface area contributed by atoms with E-state index in [2.05, 4.69) is 17.6 Å². The van der Waals surface area contributed by atoms with Crippen molar-refractivity contribution in [1.29, 1.82) is 0 Å². The molecule has 2 aliphatic rings. The van der Waals surface area contributed by atoms with Crippen LogP contribution in [-0.4, -0.2) is 31.8 Å². The monoisotopic (exact) mass is 254 g/mol. The second kappa shape index (κ2) is 6.98. The topological polar surface area (TPSA) is 50.4 Å². The van der Waals surface area contributed by atoms with Crippen LogP contribution >= 0.6 is 0 Å². The average molecular weight is 254 g/mol. The molecular weight excluding hydrogens is 228 g/mol. The van der Waals surface area contributed by atoms with Gasteiger partial charge in [0.05, 0.1) is 6.61 Å². The standard InChI is InChI=1S/C14H26N2O2/c1-11-5-2-3-7-13(11)16-14(17)15-9-12-6-4-8-18-10-12/h11-13H,2-10H2,1H3,(H2,15,16,17). The molecule has 4 heteroatoms. The Morgan fingerprint density at radius 1 is 1.22 bits per heavy atom. The molecule has 1 heterocycles. The van der Waals surface area contributed by atoms with Crippen LogP contribution in [-0.2, 0) is 4.74 Å². The number of nitrogens with one attached hydrogen (secondary N) is 2. The van der Waals surface area contributed by atoms with Crippen LogP contribution in [0.2, 0.25) is 0 Å². The molecule has 1 saturated heterocycles. The fraction of sp³-hybridized carbons (Fsp3) is 0.929. The Bertz CT molecular complexity index is 265. The summed E-state index contributed by atoms with van der Waals surface area (Å²) >= 11 is 0. The van der Waals surface area contributed by atoms with Crippen LogP contribution in [0.25, 0.3) is 0 Å². The van der Waals surface area contributed by atoms with Gasteiger partial charge in [-0.2, -0.15) is 0 Å². The number of hydrogen-bond acceptors (Lipinski definition) is 2. The summed E-state index contributed by atoms with van der Waals surface area (Å²) in [5.74, 6) is 1.11. The summed E-state index contributed by atoms with van der Waals surface area (Å²) in [4.78, 5) is 11.8. The van der Waals surface area contributed by atoms with E-state index in [9.17, 15) is 4.79 Å². The molecule has 0 radical (unpaired) electrons. The fourth-order valence-electron chi connectivity index (χ4n) is 2.96. The van der Waals surface area contributed by atoms with Crippen LogP contribution in [0.15, 0.2) is 0 Å². The van der Waals surface area contributed by atoms with Crippen LogP contribution in [0, 0.1) is 11.8 Å². The Morgan fingerprint density at radius 2 is 2.06 bits per heavy atom. The van der Waals surface area contributed by atoms with Gasteiger partial charge >= 0.3 is 6.03 Å². The summed E-state index contributed by atoms with van der Waals surface area (Å²) in [6.07, 6.45) is 7.20. The van der Waals surface area contributed by atoms with Crippen molar-refractivity contribution in [2.24, 2.45) is 11.8 Å². The highest BCUT2D eigenvalue weighted by Crippen LogP contribution is 2.23. The lowest BCUT2D eigenvalue weighted by Crippen LogP contribution is -2.47. The zero-order chi connectivity index (χ0) is 12.8. The number of hydrogen-bond donors (Lipinski definition) is 2. The summed E-state index contributed by atoms with van der Waals surface area (Å²) < 4.78 is 5.41. The Balaban J connectivity index is 1.64. The molecule has 18 heavy (non-hydrogen) atoms. The molecule has 2 rings (SSSR count). The number of carbonyl (C=O) groups excluding carboxylic acids is 1. The predicted octanol–water partition coefficient (Wildman–Crippen LogP) is 2.29. The van der Waals surface area contributed by atoms with Crippen molar-refractivity contribution in [1.82, 2.24) is 10.6 Å². The van der Waals surface area contributed by atoms with Crippen LogP contribution in [0.1, 0.15) is 45.4 Å². The number of rotatable bonds is 3. The van der Waals surface area contributed by atoms with Crippen LogP contribution in [0.5, 0.6) is 0 Å². The van der Waals surface area contributed by atoms with Crippen LogP contribution in [0.4, 0.5) is 4.79 Å². The molecule has 3 atom stereocenters. The van der Waals surface area contributed by atoms with Crippen molar-refractivity contribution in [3.63, 3.8) is 0 Å². The quantitative estimate of drug-likeness (QED) is 0.812. The van der Waals surface area contributed by atoms with Gasteiger partial charge in [0.1, 0.15) is 0 Å². The molecular formula is C14H26N2O2. The lowest BCUT2D eigenvalue weighted by molar-refractivity contribution is 0.0556. The molecule has 4 nitrogen and oxygen atoms in total. The SMILES string of the molecule is CC1CCCCC1NC(=O)NCC1CCCOC1. The number of ether oxygens (including phenoxy) is 1. The second-order valence-electron chi connectivity index (χ2n) is 5.81. The van der Waals surface area contributed by atoms with Gasteiger partial charge in [0.2, 0.25) is 0 Å². The zero-order valence-electron chi connectivity index (χ0n) is 11.4. The molecule has 3 unspecified atom stereocenters. The molecule has 0 bridgehead atoms. The van der Waals surface area contributed by atoms with Gasteiger partial charge in [-0.25, -0.2) is 4.79 Å². The molecule has 2 fully saturated rings. The third kappa shape index (κ3) is 4.16. The Kier molecular flexibility index (Phi) is 5.29. The van der Waals surface area contributed by atoms with Gasteiger partial charge in [-0.1, -0.05) is 19.8 Å². The van der Waals surface area contributed by atoms with E-state index >= 15 is 0 Å². The average Bonchev–Trinajstić information content (AvgIpc) is 2.40. The van der Waals surface area contributed by atoms with Gasteiger partial charge < -0.3 is 15.4 Å². The third-order valence-electron chi connectivity index (χ3n) is 4.23. The highest BCUT2D eigenvalue weighted by Gasteiger charge is 2.23. The molecule has 1 aliphatic heterocycles. The minimum atomic E-state index is -0.000626. The van der Waals surface area contributed by atoms with E-state index in [1.165, 1.54) is 25.7 Å². The van der Waals surface area contributed by atoms with Gasteiger partial charge in [0.25, 0.3) is 0 Å². The van der Waals surface area contributed by atoms with E-state index in [0.29, 0.717) is 17.9 Å². The molecule has 1 aliphatic carbocycles. The Labute approximate surface area is 110 Å². The van der Waals surface area contributed by atoms with Gasteiger partial charge in [-0.3, -0.25) is 0 Å². The summed E-state index contributed by atoms with van der Waals surface area (Å²) in [5, 5.41) is 6.11. The summed E-state index contributed by atoms with van der Waals surface area (Å²) in [6, 6.07) is 0.362. The molecule has 0 aromatic carbocycles. The first kappa shape index (κ1) is 13.7. The first-order chi connectivity index (χ1) is 8.75. The predicted molar refractivity (Wildman–Crippen MR) is 71.5 cm³/mol. The van der Waals surface area contributed by atoms with Gasteiger partial charge in [0.15, 0.2) is 0 Å². The Hall–Kier alpha value is -0.770. The van der Waals surface area contributed by atoms with E-state index in [1.54, 1.807) is 0 Å². The second-order valence-corrected chi connectivity index (χ2v) is 5.81. The maximum absolute atomic E-state index is 11.8. The lowest BCUT2D eigenvalue weighted by atomic mass is 9.86. The Morgan fingerprint density at radius 3 is 2.78 bits per heavy atom. The van der Waals surface area contributed by atoms with E-state index < -0.39 is 0 Å². The van der Waals surface area contributed by atoms with Crippen molar-refractivity contribution in [3.05, 3.63) is 0 Å². The molecule has 2 amide bonds. The largest absolute Gasteiger partial charge is 0.381 e. The van der Waals surface area contributed by atoms with Crippen LogP contribution in [0.3, 0.4) is 0 Å². The van der Waals surface area contributed by atoms with Crippen molar-refractivity contribution in [2.45, 2.75) is 51.5 Å². The summed E-state index contributed by atoms with van der Waals surface area (Å²) in [6.45, 7) is 4.65. The van der Waals surface area contributed by atoms with Gasteiger partial charge in [0, 0.05) is 19.2 Å². The first-order valence-corrected chi connectivity index (χ1v) is 7.38. The van der Waals surface area contributed by atoms with Crippen LogP contribution < -0.4 is 10.6 Å². The van der Waals surface area contributed by atoms with E-state index in [4.69, 9.17) is 4.74 Å². The molecule has 0 spiro atoms. The molecule has 104 valence electrons. The number of urea groups is 1. The fourth-order valence-corrected chi connectivity index (χ4v) is 2.96. The highest BCUT2D eigenvalue weighted by molar-refractivity contribution is 5.74. The minimum Gasteiger partial charge on any atom is -0.381 e. The van der Waals surface area contributed by atoms with E-state index in [-0.39, 0.29) is 6.03 Å². The maximum atomic E-state index is 11.8. The minimum absolute atomic E-state index is 0.000626. The summed E-state index contributed by atoms with van der Waals surface area (Å²) in [5.41, 5.74) is 0. The maximum Gasteiger partial charge on any atom is 0.315 e. The van der Waals surface area contributed by atoms with Crippen molar-refractivity contribution in [3.8, 4) is 0 Å². The zero-order valence-corrected chi connectivity index (χ0v) is 11.4. The molecule has 1 saturated carbocycles. The summed E-state index contributed by atoms with van der Waals surface area (Å²) in [7, 11) is 0. The van der Waals surface area contributed by atoms with E-state index in [1.807, 2.05) is 0 Å². The van der Waals surface area contributed by atoms with Gasteiger partial charge in [-0.05, 0) is 37.5 Å². The van der Waals surface area contributed by atoms with E-state index in [0.717, 1.165) is 32.6 Å². The van der Waals surface area contributed by atoms with Crippen molar-refractivity contribution < 1.29 is 9.53 Å². The smallest absolute Gasteiger partial charge is 0.315 e. The molecule has 0 aromatic rings. The molecule has 2 N–H and O–H groups in total. The third-order valence-corrected chi connectivity index (χ3v) is 4.23. The first-order valence-electron chi connectivity index (χ1n) is 7.38. The molecule has 0 aromatic heterocycles. The van der Waals surface area contributed by atoms with Gasteiger partial charge in [-0.15, -0.1) is 0 Å². The highest BCUT2D eigenvalue weighted by atomic mass is 16.5. The number of amides is 2. The normalized spacial score (nSPS) is 32.8. The number of carbonyl (C=O) groups is 1. The van der Waals surface area contributed by atoms with Crippen molar-refractivity contribution in [2.75, 3.05) is 19.8 Å². The van der Waals surface area contributed by atoms with Crippen molar-refractivity contribution >= 4 is 6.03 Å². The lowest BCUT2D eigenvalue weighted by Gasteiger charge is -2.30.